The van der Waals surface area contributed by atoms with Crippen LogP contribution in [0, 0.1) is 6.92 Å². The molecule has 0 spiro atoms. The van der Waals surface area contributed by atoms with Gasteiger partial charge >= 0.3 is 0 Å². The number of hydrogen-bond acceptors (Lipinski definition) is 6. The normalized spacial score (nSPS) is 10.8. The van der Waals surface area contributed by atoms with Crippen molar-refractivity contribution in [2.75, 3.05) is 5.32 Å². The lowest BCUT2D eigenvalue weighted by Gasteiger charge is -2.11. The quantitative estimate of drug-likeness (QED) is 0.495. The summed E-state index contributed by atoms with van der Waals surface area (Å²) in [5.41, 5.74) is 3.54. The number of nitrogens with one attached hydrogen (secondary N) is 1. The van der Waals surface area contributed by atoms with Crippen LogP contribution in [0.25, 0.3) is 22.2 Å². The Morgan fingerprint density at radius 3 is 2.50 bits per heavy atom. The molecule has 28 heavy (non-hydrogen) atoms. The Balaban J connectivity index is 1.81. The molecule has 2 aromatic heterocycles. The van der Waals surface area contributed by atoms with Gasteiger partial charge in [0, 0.05) is 22.2 Å². The van der Waals surface area contributed by atoms with Crippen molar-refractivity contribution in [3.8, 4) is 11.3 Å². The lowest BCUT2D eigenvalue weighted by atomic mass is 10.1. The monoisotopic (exact) mass is 389 g/mol. The highest BCUT2D eigenvalue weighted by Gasteiger charge is 2.13. The number of fused-ring (bicyclic) bond motifs is 1. The molecule has 0 aliphatic rings. The van der Waals surface area contributed by atoms with Crippen LogP contribution in [-0.4, -0.2) is 25.7 Å². The van der Waals surface area contributed by atoms with Gasteiger partial charge in [0.25, 0.3) is 0 Å². The third kappa shape index (κ3) is 3.54. The van der Waals surface area contributed by atoms with Gasteiger partial charge in [-0.25, -0.2) is 19.9 Å². The van der Waals surface area contributed by atoms with E-state index in [9.17, 15) is 4.79 Å². The molecule has 2 aromatic carbocycles. The second-order valence-corrected chi connectivity index (χ2v) is 6.73. The van der Waals surface area contributed by atoms with Crippen LogP contribution < -0.4 is 5.32 Å². The lowest BCUT2D eigenvalue weighted by Crippen LogP contribution is -2.06. The molecule has 138 valence electrons. The molecule has 0 fully saturated rings. The zero-order valence-electron chi connectivity index (χ0n) is 15.3. The molecule has 0 atom stereocenters. The Kier molecular flexibility index (Phi) is 4.71. The molecule has 0 amide bonds. The highest BCUT2D eigenvalue weighted by Crippen LogP contribution is 2.29. The number of hydrogen-bond donors (Lipinski definition) is 1. The largest absolute Gasteiger partial charge is 0.294 e. The van der Waals surface area contributed by atoms with Crippen LogP contribution in [0.5, 0.6) is 0 Å². The summed E-state index contributed by atoms with van der Waals surface area (Å²) in [7, 11) is 0. The predicted octanol–water partition coefficient (Wildman–Crippen LogP) is 4.99. The SMILES string of the molecule is CC(=O)c1cnc(Nc2nc(-c3ccccc3)c3cc(Cl)ccc3n2)nc1C. The van der Waals surface area contributed by atoms with Crippen molar-refractivity contribution in [3.05, 3.63) is 71.0 Å². The minimum Gasteiger partial charge on any atom is -0.294 e. The number of aryl methyl sites for hydroxylation is 1. The van der Waals surface area contributed by atoms with Gasteiger partial charge in [-0.3, -0.25) is 10.1 Å². The summed E-state index contributed by atoms with van der Waals surface area (Å²) in [6.07, 6.45) is 1.51. The fourth-order valence-corrected chi connectivity index (χ4v) is 3.12. The minimum absolute atomic E-state index is 0.0748. The van der Waals surface area contributed by atoms with Gasteiger partial charge in [-0.15, -0.1) is 0 Å². The molecule has 7 heteroatoms. The summed E-state index contributed by atoms with van der Waals surface area (Å²) < 4.78 is 0. The van der Waals surface area contributed by atoms with E-state index in [0.717, 1.165) is 22.2 Å². The van der Waals surface area contributed by atoms with Crippen molar-refractivity contribution >= 4 is 40.2 Å². The Morgan fingerprint density at radius 1 is 1.00 bits per heavy atom. The number of rotatable bonds is 4. The molecule has 0 radical (unpaired) electrons. The Bertz CT molecular complexity index is 1190. The van der Waals surface area contributed by atoms with Crippen molar-refractivity contribution in [3.63, 3.8) is 0 Å². The van der Waals surface area contributed by atoms with Crippen LogP contribution in [0.15, 0.2) is 54.7 Å². The van der Waals surface area contributed by atoms with E-state index >= 15 is 0 Å². The van der Waals surface area contributed by atoms with Gasteiger partial charge in [0.15, 0.2) is 5.78 Å². The van der Waals surface area contributed by atoms with Gasteiger partial charge in [0.1, 0.15) is 0 Å². The van der Waals surface area contributed by atoms with Gasteiger partial charge in [-0.1, -0.05) is 41.9 Å². The highest BCUT2D eigenvalue weighted by molar-refractivity contribution is 6.31. The molecule has 4 rings (SSSR count). The van der Waals surface area contributed by atoms with E-state index in [0.29, 0.717) is 28.2 Å². The van der Waals surface area contributed by atoms with Crippen LogP contribution in [0.3, 0.4) is 0 Å². The fourth-order valence-electron chi connectivity index (χ4n) is 2.95. The van der Waals surface area contributed by atoms with Crippen LogP contribution >= 0.6 is 11.6 Å². The second kappa shape index (κ2) is 7.32. The number of aromatic nitrogens is 4. The van der Waals surface area contributed by atoms with Gasteiger partial charge in [-0.2, -0.15) is 0 Å². The van der Waals surface area contributed by atoms with E-state index in [1.165, 1.54) is 13.1 Å². The molecule has 6 nitrogen and oxygen atoms in total. The number of carbonyl (C=O) groups excluding carboxylic acids is 1. The summed E-state index contributed by atoms with van der Waals surface area (Å²) in [5, 5.41) is 4.51. The molecular weight excluding hydrogens is 374 g/mol. The van der Waals surface area contributed by atoms with Gasteiger partial charge < -0.3 is 0 Å². The average Bonchev–Trinajstić information content (AvgIpc) is 2.68. The zero-order valence-corrected chi connectivity index (χ0v) is 16.0. The molecule has 2 heterocycles. The number of nitrogens with zero attached hydrogens (tertiary/aromatic N) is 4. The average molecular weight is 390 g/mol. The number of ketones is 1. The van der Waals surface area contributed by atoms with E-state index < -0.39 is 0 Å². The first-order valence-corrected chi connectivity index (χ1v) is 9.03. The van der Waals surface area contributed by atoms with Crippen LogP contribution in [0.2, 0.25) is 5.02 Å². The van der Waals surface area contributed by atoms with Crippen molar-refractivity contribution in [2.24, 2.45) is 0 Å². The maximum absolute atomic E-state index is 11.6. The first-order valence-electron chi connectivity index (χ1n) is 8.65. The fraction of sp³-hybridized carbons (Fsp3) is 0.0952. The van der Waals surface area contributed by atoms with Crippen LogP contribution in [0.1, 0.15) is 23.0 Å². The number of Topliss-reactive ketones (excluding diaryl/α,β-unsaturated/α-hetero) is 1. The maximum Gasteiger partial charge on any atom is 0.230 e. The lowest BCUT2D eigenvalue weighted by molar-refractivity contribution is 0.101. The number of benzene rings is 2. The van der Waals surface area contributed by atoms with Crippen LogP contribution in [0.4, 0.5) is 11.9 Å². The Morgan fingerprint density at radius 2 is 1.79 bits per heavy atom. The van der Waals surface area contributed by atoms with E-state index in [2.05, 4.69) is 25.3 Å². The molecule has 0 saturated heterocycles. The van der Waals surface area contributed by atoms with E-state index in [1.807, 2.05) is 42.5 Å². The number of halogens is 1. The molecule has 1 N–H and O–H groups in total. The highest BCUT2D eigenvalue weighted by atomic mass is 35.5. The van der Waals surface area contributed by atoms with Gasteiger partial charge in [0.05, 0.1) is 22.5 Å². The Labute approximate surface area is 166 Å². The summed E-state index contributed by atoms with van der Waals surface area (Å²) in [6.45, 7) is 3.25. The third-order valence-corrected chi connectivity index (χ3v) is 4.52. The van der Waals surface area contributed by atoms with E-state index in [4.69, 9.17) is 11.6 Å². The predicted molar refractivity (Wildman–Crippen MR) is 110 cm³/mol. The number of anilines is 2. The number of carbonyl (C=O) groups is 1. The standard InChI is InChI=1S/C21H16ClN5O/c1-12-17(13(2)28)11-23-20(24-12)27-21-25-18-9-8-15(22)10-16(18)19(26-21)14-6-4-3-5-7-14/h3-11H,1-2H3,(H,23,24,25,26,27). The first-order chi connectivity index (χ1) is 13.5. The zero-order chi connectivity index (χ0) is 19.7. The summed E-state index contributed by atoms with van der Waals surface area (Å²) in [5.74, 6) is 0.618. The van der Waals surface area contributed by atoms with Gasteiger partial charge in [-0.05, 0) is 32.0 Å². The smallest absolute Gasteiger partial charge is 0.230 e. The minimum atomic E-state index is -0.0748. The van der Waals surface area contributed by atoms with Crippen molar-refractivity contribution in [1.82, 2.24) is 19.9 Å². The third-order valence-electron chi connectivity index (χ3n) is 4.29. The molecule has 0 saturated carbocycles. The van der Waals surface area contributed by atoms with Crippen molar-refractivity contribution in [2.45, 2.75) is 13.8 Å². The van der Waals surface area contributed by atoms with Crippen LogP contribution in [-0.2, 0) is 0 Å². The summed E-state index contributed by atoms with van der Waals surface area (Å²) in [6, 6.07) is 15.3. The summed E-state index contributed by atoms with van der Waals surface area (Å²) >= 11 is 6.19. The molecule has 4 aromatic rings. The van der Waals surface area contributed by atoms with E-state index in [-0.39, 0.29) is 5.78 Å². The van der Waals surface area contributed by atoms with Crippen molar-refractivity contribution in [1.29, 1.82) is 0 Å². The molecule has 0 bridgehead atoms. The van der Waals surface area contributed by atoms with Gasteiger partial charge in [0.2, 0.25) is 11.9 Å². The molecule has 0 aliphatic heterocycles. The molecule has 0 unspecified atom stereocenters. The molecule has 0 aliphatic carbocycles. The first kappa shape index (κ1) is 18.0. The summed E-state index contributed by atoms with van der Waals surface area (Å²) in [4.78, 5) is 29.4. The molecular formula is C21H16ClN5O. The maximum atomic E-state index is 11.6. The Hall–Kier alpha value is -3.38. The topological polar surface area (TPSA) is 80.7 Å². The van der Waals surface area contributed by atoms with Crippen molar-refractivity contribution < 1.29 is 4.79 Å². The second-order valence-electron chi connectivity index (χ2n) is 6.30. The van der Waals surface area contributed by atoms with E-state index in [1.54, 1.807) is 13.0 Å².